The Hall–Kier alpha value is -3.39. The van der Waals surface area contributed by atoms with Crippen LogP contribution in [0.15, 0.2) is 41.2 Å². The number of piperidine rings is 1. The first-order valence-corrected chi connectivity index (χ1v) is 10.4. The molecule has 7 nitrogen and oxygen atoms in total. The van der Waals surface area contributed by atoms with Crippen LogP contribution >= 0.6 is 0 Å². The SMILES string of the molecule is CN1CCC(N(C)c2ccc3nc(-c4c(N)c5c(F)cccc5[nH]c4=O)[nH]c3c2)CC1. The van der Waals surface area contributed by atoms with Crippen LogP contribution < -0.4 is 16.2 Å². The predicted molar refractivity (Wildman–Crippen MR) is 123 cm³/mol. The lowest BCUT2D eigenvalue weighted by Gasteiger charge is -2.36. The van der Waals surface area contributed by atoms with Gasteiger partial charge < -0.3 is 25.5 Å². The average molecular weight is 420 g/mol. The quantitative estimate of drug-likeness (QED) is 0.473. The summed E-state index contributed by atoms with van der Waals surface area (Å²) < 4.78 is 14.4. The van der Waals surface area contributed by atoms with Crippen LogP contribution in [0.1, 0.15) is 12.8 Å². The maximum atomic E-state index is 14.4. The Bertz CT molecular complexity index is 1340. The highest BCUT2D eigenvalue weighted by atomic mass is 19.1. The maximum Gasteiger partial charge on any atom is 0.261 e. The number of hydrogen-bond donors (Lipinski definition) is 3. The molecule has 0 radical (unpaired) electrons. The minimum atomic E-state index is -0.481. The summed E-state index contributed by atoms with van der Waals surface area (Å²) >= 11 is 0. The number of hydrogen-bond acceptors (Lipinski definition) is 5. The number of pyridine rings is 1. The van der Waals surface area contributed by atoms with Crippen molar-refractivity contribution in [2.24, 2.45) is 0 Å². The fourth-order valence-corrected chi connectivity index (χ4v) is 4.50. The minimum Gasteiger partial charge on any atom is -0.397 e. The lowest BCUT2D eigenvalue weighted by Crippen LogP contribution is -2.41. The van der Waals surface area contributed by atoms with Crippen LogP contribution in [-0.4, -0.2) is 53.1 Å². The van der Waals surface area contributed by atoms with E-state index in [0.717, 1.165) is 42.7 Å². The van der Waals surface area contributed by atoms with E-state index in [1.807, 2.05) is 18.2 Å². The Balaban J connectivity index is 1.55. The summed E-state index contributed by atoms with van der Waals surface area (Å²) in [7, 11) is 4.27. The van der Waals surface area contributed by atoms with Crippen molar-refractivity contribution >= 4 is 33.3 Å². The third kappa shape index (κ3) is 3.33. The molecule has 0 saturated carbocycles. The van der Waals surface area contributed by atoms with E-state index in [0.29, 0.717) is 17.4 Å². The number of nitrogen functional groups attached to an aromatic ring is 1. The van der Waals surface area contributed by atoms with Gasteiger partial charge in [0.25, 0.3) is 5.56 Å². The molecule has 4 aromatic rings. The summed E-state index contributed by atoms with van der Waals surface area (Å²) in [6.07, 6.45) is 2.24. The van der Waals surface area contributed by atoms with Crippen LogP contribution in [0.2, 0.25) is 0 Å². The number of imidazole rings is 1. The minimum absolute atomic E-state index is 0.0829. The molecule has 0 unspecified atom stereocenters. The van der Waals surface area contributed by atoms with Gasteiger partial charge in [0.1, 0.15) is 17.2 Å². The molecule has 0 bridgehead atoms. The van der Waals surface area contributed by atoms with Gasteiger partial charge >= 0.3 is 0 Å². The summed E-state index contributed by atoms with van der Waals surface area (Å²) in [5.41, 5.74) is 9.04. The van der Waals surface area contributed by atoms with Gasteiger partial charge in [-0.1, -0.05) is 6.07 Å². The fraction of sp³-hybridized carbons (Fsp3) is 0.304. The highest BCUT2D eigenvalue weighted by molar-refractivity contribution is 5.98. The molecule has 2 aromatic carbocycles. The second kappa shape index (κ2) is 7.39. The number of anilines is 2. The van der Waals surface area contributed by atoms with Crippen molar-refractivity contribution in [2.45, 2.75) is 18.9 Å². The van der Waals surface area contributed by atoms with E-state index < -0.39 is 11.4 Å². The molecule has 0 spiro atoms. The predicted octanol–water partition coefficient (Wildman–Crippen LogP) is 3.32. The highest BCUT2D eigenvalue weighted by Crippen LogP contribution is 2.31. The van der Waals surface area contributed by atoms with Crippen LogP contribution in [-0.2, 0) is 0 Å². The lowest BCUT2D eigenvalue weighted by atomic mass is 10.0. The van der Waals surface area contributed by atoms with Crippen LogP contribution in [0.25, 0.3) is 33.3 Å². The van der Waals surface area contributed by atoms with Gasteiger partial charge in [-0.3, -0.25) is 4.79 Å². The van der Waals surface area contributed by atoms with Crippen molar-refractivity contribution in [3.8, 4) is 11.4 Å². The molecular formula is C23H25FN6O. The van der Waals surface area contributed by atoms with Gasteiger partial charge in [0.15, 0.2) is 0 Å². The molecule has 8 heteroatoms. The van der Waals surface area contributed by atoms with E-state index in [4.69, 9.17) is 5.73 Å². The highest BCUT2D eigenvalue weighted by Gasteiger charge is 2.22. The molecule has 31 heavy (non-hydrogen) atoms. The third-order valence-corrected chi connectivity index (χ3v) is 6.37. The van der Waals surface area contributed by atoms with Gasteiger partial charge in [0.2, 0.25) is 0 Å². The monoisotopic (exact) mass is 420 g/mol. The molecule has 160 valence electrons. The number of rotatable bonds is 3. The first kappa shape index (κ1) is 19.6. The number of fused-ring (bicyclic) bond motifs is 2. The van der Waals surface area contributed by atoms with Crippen molar-refractivity contribution in [3.63, 3.8) is 0 Å². The van der Waals surface area contributed by atoms with Gasteiger partial charge in [-0.25, -0.2) is 9.37 Å². The fourth-order valence-electron chi connectivity index (χ4n) is 4.50. The summed E-state index contributed by atoms with van der Waals surface area (Å²) in [4.78, 5) is 27.9. The molecule has 4 N–H and O–H groups in total. The van der Waals surface area contributed by atoms with Crippen molar-refractivity contribution < 1.29 is 4.39 Å². The molecule has 1 aliphatic rings. The number of nitrogens with one attached hydrogen (secondary N) is 2. The van der Waals surface area contributed by atoms with Gasteiger partial charge in [0.05, 0.1) is 27.6 Å². The summed E-state index contributed by atoms with van der Waals surface area (Å²) in [6.45, 7) is 2.18. The molecule has 0 aliphatic carbocycles. The standard InChI is InChI=1S/C23H25FN6O/c1-29-10-8-13(9-11-29)30(2)14-6-7-16-18(12-14)27-22(26-16)20-21(25)19-15(24)4-3-5-17(19)28-23(20)31/h3-7,12-13H,8-11H2,1-2H3,(H,26,27)(H3,25,28,31). The average Bonchev–Trinajstić information content (AvgIpc) is 3.16. The molecule has 5 rings (SSSR count). The molecule has 1 saturated heterocycles. The van der Waals surface area contributed by atoms with Gasteiger partial charge in [-0.15, -0.1) is 0 Å². The topological polar surface area (TPSA) is 94.0 Å². The largest absolute Gasteiger partial charge is 0.397 e. The Labute approximate surface area is 178 Å². The lowest BCUT2D eigenvalue weighted by molar-refractivity contribution is 0.253. The third-order valence-electron chi connectivity index (χ3n) is 6.37. The number of benzene rings is 2. The van der Waals surface area contributed by atoms with E-state index in [9.17, 15) is 9.18 Å². The second-order valence-corrected chi connectivity index (χ2v) is 8.34. The number of nitrogens with two attached hydrogens (primary N) is 1. The number of aromatic amines is 2. The summed E-state index contributed by atoms with van der Waals surface area (Å²) in [5, 5.41) is 0.195. The normalized spacial score (nSPS) is 15.7. The van der Waals surface area contributed by atoms with E-state index >= 15 is 0 Å². The Morgan fingerprint density at radius 2 is 1.94 bits per heavy atom. The van der Waals surface area contributed by atoms with E-state index in [1.54, 1.807) is 6.07 Å². The molecule has 1 fully saturated rings. The summed E-state index contributed by atoms with van der Waals surface area (Å²) in [5.74, 6) is -0.149. The van der Waals surface area contributed by atoms with Crippen LogP contribution in [0.3, 0.4) is 0 Å². The van der Waals surface area contributed by atoms with Gasteiger partial charge in [0, 0.05) is 18.8 Å². The van der Waals surface area contributed by atoms with Crippen molar-refractivity contribution in [1.29, 1.82) is 0 Å². The van der Waals surface area contributed by atoms with Gasteiger partial charge in [-0.2, -0.15) is 0 Å². The zero-order valence-corrected chi connectivity index (χ0v) is 17.6. The van der Waals surface area contributed by atoms with Crippen molar-refractivity contribution in [3.05, 3.63) is 52.6 Å². The molecule has 1 aliphatic heterocycles. The molecule has 0 amide bonds. The number of nitrogens with zero attached hydrogens (tertiary/aromatic N) is 3. The molecular weight excluding hydrogens is 395 g/mol. The van der Waals surface area contributed by atoms with E-state index in [-0.39, 0.29) is 16.6 Å². The molecule has 3 heterocycles. The van der Waals surface area contributed by atoms with E-state index in [2.05, 4.69) is 38.8 Å². The Morgan fingerprint density at radius 1 is 1.16 bits per heavy atom. The smallest absolute Gasteiger partial charge is 0.261 e. The first-order chi connectivity index (χ1) is 14.9. The zero-order chi connectivity index (χ0) is 21.7. The Morgan fingerprint density at radius 3 is 2.71 bits per heavy atom. The van der Waals surface area contributed by atoms with Gasteiger partial charge in [-0.05, 0) is 63.3 Å². The number of likely N-dealkylation sites (tertiary alicyclic amines) is 1. The van der Waals surface area contributed by atoms with Crippen LogP contribution in [0, 0.1) is 5.82 Å². The van der Waals surface area contributed by atoms with Crippen molar-refractivity contribution in [1.82, 2.24) is 19.9 Å². The first-order valence-electron chi connectivity index (χ1n) is 10.4. The second-order valence-electron chi connectivity index (χ2n) is 8.34. The number of aromatic nitrogens is 3. The maximum absolute atomic E-state index is 14.4. The van der Waals surface area contributed by atoms with Crippen LogP contribution in [0.4, 0.5) is 15.8 Å². The van der Waals surface area contributed by atoms with Crippen molar-refractivity contribution in [2.75, 3.05) is 37.8 Å². The van der Waals surface area contributed by atoms with Crippen LogP contribution in [0.5, 0.6) is 0 Å². The van der Waals surface area contributed by atoms with E-state index in [1.165, 1.54) is 12.1 Å². The zero-order valence-electron chi connectivity index (χ0n) is 17.6. The number of halogens is 1. The molecule has 0 atom stereocenters. The summed E-state index contributed by atoms with van der Waals surface area (Å²) in [6, 6.07) is 11.0. The molecule has 2 aromatic heterocycles. The number of H-pyrrole nitrogens is 2. The Kier molecular flexibility index (Phi) is 4.66.